The first kappa shape index (κ1) is 20.5. The fourth-order valence-electron chi connectivity index (χ4n) is 2.71. The van der Waals surface area contributed by atoms with E-state index in [0.717, 1.165) is 16.7 Å². The van der Waals surface area contributed by atoms with E-state index in [1.165, 1.54) is 18.2 Å². The Morgan fingerprint density at radius 2 is 1.59 bits per heavy atom. The molecule has 0 fully saturated rings. The predicted octanol–water partition coefficient (Wildman–Crippen LogP) is 2.34. The molecule has 2 aromatic rings. The Morgan fingerprint density at radius 1 is 0.966 bits per heavy atom. The smallest absolute Gasteiger partial charge is 0.315 e. The number of esters is 1. The van der Waals surface area contributed by atoms with Gasteiger partial charge in [0.05, 0.1) is 34.9 Å². The van der Waals surface area contributed by atoms with Crippen LogP contribution in [0.1, 0.15) is 20.7 Å². The number of nitrogens with zero attached hydrogens (tertiary/aromatic N) is 1. The van der Waals surface area contributed by atoms with Gasteiger partial charge in [0.1, 0.15) is 12.4 Å². The van der Waals surface area contributed by atoms with Gasteiger partial charge in [0, 0.05) is 0 Å². The van der Waals surface area contributed by atoms with E-state index < -0.39 is 29.5 Å². The molecule has 0 saturated heterocycles. The van der Waals surface area contributed by atoms with Crippen LogP contribution in [0.3, 0.4) is 0 Å². The molecule has 0 aromatic heterocycles. The van der Waals surface area contributed by atoms with Crippen LogP contribution in [0.5, 0.6) is 0 Å². The lowest BCUT2D eigenvalue weighted by Gasteiger charge is -2.13. The highest BCUT2D eigenvalue weighted by molar-refractivity contribution is 8.00. The quantitative estimate of drug-likeness (QED) is 0.525. The molecule has 1 N–H and O–H groups in total. The molecule has 29 heavy (non-hydrogen) atoms. The molecule has 1 aliphatic rings. The summed E-state index contributed by atoms with van der Waals surface area (Å²) in [6.45, 7) is -0.178. The molecule has 0 spiro atoms. The van der Waals surface area contributed by atoms with Crippen molar-refractivity contribution in [3.05, 3.63) is 65.5 Å². The molecular weight excluding hydrogens is 399 g/mol. The third-order valence-corrected chi connectivity index (χ3v) is 4.96. The van der Waals surface area contributed by atoms with E-state index in [0.29, 0.717) is 11.1 Å². The average molecular weight is 416 g/mol. The van der Waals surface area contributed by atoms with Gasteiger partial charge in [0.25, 0.3) is 11.8 Å². The van der Waals surface area contributed by atoms with Gasteiger partial charge in [-0.3, -0.25) is 24.1 Å². The summed E-state index contributed by atoms with van der Waals surface area (Å²) in [6, 6.07) is 12.3. The van der Waals surface area contributed by atoms with Crippen molar-refractivity contribution in [3.63, 3.8) is 0 Å². The minimum atomic E-state index is -0.578. The number of para-hydroxylation sites is 1. The number of rotatable bonds is 8. The highest BCUT2D eigenvalue weighted by atomic mass is 32.2. The predicted molar refractivity (Wildman–Crippen MR) is 105 cm³/mol. The first-order valence-electron chi connectivity index (χ1n) is 8.70. The standard InChI is InChI=1S/C20H17FN2O5S/c21-15-7-3-4-8-16(15)22-17(24)11-29-12-18(25)28-10-9-23-19(26)13-5-1-2-6-14(13)20(23)27/h1-8H,9-12H2,(H,22,24). The molecule has 1 aliphatic heterocycles. The first-order chi connectivity index (χ1) is 14.0. The van der Waals surface area contributed by atoms with E-state index in [9.17, 15) is 23.6 Å². The lowest BCUT2D eigenvalue weighted by atomic mass is 10.1. The SMILES string of the molecule is O=C(CSCC(=O)OCCN1C(=O)c2ccccc2C1=O)Nc1ccccc1F. The van der Waals surface area contributed by atoms with Crippen LogP contribution in [0.2, 0.25) is 0 Å². The first-order valence-corrected chi connectivity index (χ1v) is 9.86. The van der Waals surface area contributed by atoms with Gasteiger partial charge in [-0.15, -0.1) is 11.8 Å². The van der Waals surface area contributed by atoms with Crippen LogP contribution in [0.4, 0.5) is 10.1 Å². The summed E-state index contributed by atoms with van der Waals surface area (Å²) in [5.74, 6) is -2.54. The summed E-state index contributed by atoms with van der Waals surface area (Å²) in [6.07, 6.45) is 0. The summed E-state index contributed by atoms with van der Waals surface area (Å²) in [5.41, 5.74) is 0.738. The highest BCUT2D eigenvalue weighted by Crippen LogP contribution is 2.22. The number of fused-ring (bicyclic) bond motifs is 1. The third-order valence-electron chi connectivity index (χ3n) is 4.06. The summed E-state index contributed by atoms with van der Waals surface area (Å²) < 4.78 is 18.5. The maximum Gasteiger partial charge on any atom is 0.315 e. The number of nitrogens with one attached hydrogen (secondary N) is 1. The van der Waals surface area contributed by atoms with Crippen molar-refractivity contribution >= 4 is 41.1 Å². The van der Waals surface area contributed by atoms with Gasteiger partial charge in [-0.05, 0) is 24.3 Å². The number of halogens is 1. The van der Waals surface area contributed by atoms with Crippen molar-refractivity contribution in [2.24, 2.45) is 0 Å². The van der Waals surface area contributed by atoms with Gasteiger partial charge in [0.2, 0.25) is 5.91 Å². The summed E-state index contributed by atoms with van der Waals surface area (Å²) in [7, 11) is 0. The molecule has 2 aromatic carbocycles. The minimum absolute atomic E-state index is 0.0451. The van der Waals surface area contributed by atoms with Gasteiger partial charge in [-0.2, -0.15) is 0 Å². The number of carbonyl (C=O) groups is 4. The van der Waals surface area contributed by atoms with Crippen molar-refractivity contribution in [2.75, 3.05) is 30.0 Å². The fourth-order valence-corrected chi connectivity index (χ4v) is 3.32. The monoisotopic (exact) mass is 416 g/mol. The molecule has 0 aliphatic carbocycles. The van der Waals surface area contributed by atoms with E-state index in [1.54, 1.807) is 30.3 Å². The average Bonchev–Trinajstić information content (AvgIpc) is 2.95. The van der Waals surface area contributed by atoms with Gasteiger partial charge in [0.15, 0.2) is 0 Å². The van der Waals surface area contributed by atoms with Crippen molar-refractivity contribution in [2.45, 2.75) is 0 Å². The Kier molecular flexibility index (Phi) is 6.61. The van der Waals surface area contributed by atoms with Crippen molar-refractivity contribution in [1.82, 2.24) is 4.90 Å². The number of imide groups is 1. The normalized spacial score (nSPS) is 12.7. The van der Waals surface area contributed by atoms with Crippen LogP contribution in [0, 0.1) is 5.82 Å². The fraction of sp³-hybridized carbons (Fsp3) is 0.200. The molecule has 0 unspecified atom stereocenters. The molecule has 0 atom stereocenters. The van der Waals surface area contributed by atoms with E-state index in [4.69, 9.17) is 4.74 Å². The number of ether oxygens (including phenoxy) is 1. The molecule has 0 radical (unpaired) electrons. The summed E-state index contributed by atoms with van der Waals surface area (Å²) >= 11 is 1.01. The molecule has 3 rings (SSSR count). The number of hydrogen-bond donors (Lipinski definition) is 1. The van der Waals surface area contributed by atoms with Crippen LogP contribution in [0.25, 0.3) is 0 Å². The van der Waals surface area contributed by atoms with Crippen molar-refractivity contribution in [1.29, 1.82) is 0 Å². The highest BCUT2D eigenvalue weighted by Gasteiger charge is 2.34. The largest absolute Gasteiger partial charge is 0.463 e. The van der Waals surface area contributed by atoms with Crippen LogP contribution < -0.4 is 5.32 Å². The second-order valence-electron chi connectivity index (χ2n) is 6.05. The van der Waals surface area contributed by atoms with Gasteiger partial charge in [-0.1, -0.05) is 24.3 Å². The maximum absolute atomic E-state index is 13.5. The molecule has 1 heterocycles. The lowest BCUT2D eigenvalue weighted by Crippen LogP contribution is -2.33. The number of anilines is 1. The van der Waals surface area contributed by atoms with Gasteiger partial charge in [-0.25, -0.2) is 4.39 Å². The zero-order valence-electron chi connectivity index (χ0n) is 15.2. The zero-order chi connectivity index (χ0) is 20.8. The lowest BCUT2D eigenvalue weighted by molar-refractivity contribution is -0.140. The topological polar surface area (TPSA) is 92.8 Å². The molecule has 7 nitrogen and oxygen atoms in total. The number of benzene rings is 2. The second kappa shape index (κ2) is 9.33. The summed E-state index contributed by atoms with van der Waals surface area (Å²) in [4.78, 5) is 49.0. The van der Waals surface area contributed by atoms with Crippen molar-refractivity contribution in [3.8, 4) is 0 Å². The summed E-state index contributed by atoms with van der Waals surface area (Å²) in [5, 5.41) is 2.41. The third kappa shape index (κ3) is 5.00. The van der Waals surface area contributed by atoms with Crippen LogP contribution >= 0.6 is 11.8 Å². The maximum atomic E-state index is 13.5. The molecular formula is C20H17FN2O5S. The number of carbonyl (C=O) groups excluding carboxylic acids is 4. The van der Waals surface area contributed by atoms with Gasteiger partial charge < -0.3 is 10.1 Å². The van der Waals surface area contributed by atoms with Crippen LogP contribution in [-0.4, -0.2) is 53.2 Å². The number of amides is 3. The molecule has 0 bridgehead atoms. The molecule has 150 valence electrons. The van der Waals surface area contributed by atoms with E-state index in [-0.39, 0.29) is 30.3 Å². The van der Waals surface area contributed by atoms with Crippen molar-refractivity contribution < 1.29 is 28.3 Å². The van der Waals surface area contributed by atoms with Crippen LogP contribution in [-0.2, 0) is 14.3 Å². The number of hydrogen-bond acceptors (Lipinski definition) is 6. The Hall–Kier alpha value is -3.20. The van der Waals surface area contributed by atoms with Gasteiger partial charge >= 0.3 is 5.97 Å². The van der Waals surface area contributed by atoms with Crippen LogP contribution in [0.15, 0.2) is 48.5 Å². The molecule has 3 amide bonds. The Balaban J connectivity index is 1.36. The van der Waals surface area contributed by atoms with E-state index in [2.05, 4.69) is 5.32 Å². The Labute approximate surface area is 170 Å². The molecule has 0 saturated carbocycles. The zero-order valence-corrected chi connectivity index (χ0v) is 16.0. The Bertz CT molecular complexity index is 930. The minimum Gasteiger partial charge on any atom is -0.463 e. The molecule has 9 heteroatoms. The van der Waals surface area contributed by atoms with E-state index in [1.807, 2.05) is 0 Å². The number of thioether (sulfide) groups is 1. The Morgan fingerprint density at radius 3 is 2.24 bits per heavy atom. The van der Waals surface area contributed by atoms with E-state index >= 15 is 0 Å². The second-order valence-corrected chi connectivity index (χ2v) is 7.03.